The lowest BCUT2D eigenvalue weighted by atomic mass is 9.90. The van der Waals surface area contributed by atoms with Crippen molar-refractivity contribution < 1.29 is 14.7 Å². The molecular formula is C12H21NO3S. The number of carboxylic acid groups (broad SMARTS) is 1. The molecule has 17 heavy (non-hydrogen) atoms. The molecule has 5 heteroatoms. The number of carbonyl (C=O) groups is 2. The Morgan fingerprint density at radius 3 is 2.41 bits per heavy atom. The van der Waals surface area contributed by atoms with Crippen molar-refractivity contribution in [1.82, 2.24) is 4.90 Å². The van der Waals surface area contributed by atoms with Crippen molar-refractivity contribution in [2.24, 2.45) is 5.41 Å². The van der Waals surface area contributed by atoms with Crippen LogP contribution < -0.4 is 0 Å². The molecule has 0 aliphatic carbocycles. The van der Waals surface area contributed by atoms with Crippen molar-refractivity contribution in [3.63, 3.8) is 0 Å². The lowest BCUT2D eigenvalue weighted by Crippen LogP contribution is -2.36. The summed E-state index contributed by atoms with van der Waals surface area (Å²) in [6.07, 6.45) is 0.550. The summed E-state index contributed by atoms with van der Waals surface area (Å²) in [7, 11) is 0. The maximum Gasteiger partial charge on any atom is 0.311 e. The number of aliphatic carboxylic acids is 1. The van der Waals surface area contributed by atoms with Crippen molar-refractivity contribution in [3.05, 3.63) is 0 Å². The third kappa shape index (κ3) is 3.91. The molecule has 1 heterocycles. The van der Waals surface area contributed by atoms with Gasteiger partial charge in [-0.3, -0.25) is 9.59 Å². The van der Waals surface area contributed by atoms with Crippen LogP contribution in [0.1, 0.15) is 34.1 Å². The summed E-state index contributed by atoms with van der Waals surface area (Å²) in [6.45, 7) is 8.81. The quantitative estimate of drug-likeness (QED) is 0.840. The molecule has 0 spiro atoms. The molecule has 1 amide bonds. The Morgan fingerprint density at radius 2 is 2.00 bits per heavy atom. The van der Waals surface area contributed by atoms with E-state index in [9.17, 15) is 9.59 Å². The number of nitrogens with zero attached hydrogens (tertiary/aromatic N) is 1. The molecule has 1 fully saturated rings. The Balaban J connectivity index is 2.49. The van der Waals surface area contributed by atoms with Crippen LogP contribution in [0.15, 0.2) is 0 Å². The summed E-state index contributed by atoms with van der Waals surface area (Å²) in [5, 5.41) is 9.09. The van der Waals surface area contributed by atoms with Crippen LogP contribution in [0, 0.1) is 5.41 Å². The fourth-order valence-corrected chi connectivity index (χ4v) is 2.46. The van der Waals surface area contributed by atoms with E-state index in [1.807, 2.05) is 0 Å². The van der Waals surface area contributed by atoms with Crippen molar-refractivity contribution in [2.75, 3.05) is 18.8 Å². The minimum absolute atomic E-state index is 0.0508. The Labute approximate surface area is 107 Å². The summed E-state index contributed by atoms with van der Waals surface area (Å²) >= 11 is 1.60. The molecular weight excluding hydrogens is 238 g/mol. The maximum absolute atomic E-state index is 11.9. The van der Waals surface area contributed by atoms with Crippen LogP contribution in [-0.4, -0.2) is 45.5 Å². The van der Waals surface area contributed by atoms with Crippen LogP contribution in [0.5, 0.6) is 0 Å². The zero-order valence-electron chi connectivity index (χ0n) is 10.9. The highest BCUT2D eigenvalue weighted by molar-refractivity contribution is 8.01. The molecule has 0 aromatic heterocycles. The fraction of sp³-hybridized carbons (Fsp3) is 0.833. The Hall–Kier alpha value is -0.710. The highest BCUT2D eigenvalue weighted by Crippen LogP contribution is 2.31. The number of rotatable bonds is 3. The lowest BCUT2D eigenvalue weighted by molar-refractivity contribution is -0.147. The van der Waals surface area contributed by atoms with Crippen molar-refractivity contribution in [2.45, 2.75) is 38.9 Å². The Bertz CT molecular complexity index is 324. The third-order valence-electron chi connectivity index (χ3n) is 2.97. The van der Waals surface area contributed by atoms with E-state index in [4.69, 9.17) is 5.11 Å². The summed E-state index contributed by atoms with van der Waals surface area (Å²) in [4.78, 5) is 24.7. The number of carboxylic acids is 1. The number of hydrogen-bond donors (Lipinski definition) is 1. The molecule has 1 aliphatic rings. The van der Waals surface area contributed by atoms with Crippen molar-refractivity contribution in [1.29, 1.82) is 0 Å². The van der Waals surface area contributed by atoms with Gasteiger partial charge in [-0.05, 0) is 13.3 Å². The highest BCUT2D eigenvalue weighted by Gasteiger charge is 2.42. The van der Waals surface area contributed by atoms with Gasteiger partial charge in [0.2, 0.25) is 5.91 Å². The highest BCUT2D eigenvalue weighted by atomic mass is 32.2. The Morgan fingerprint density at radius 1 is 1.41 bits per heavy atom. The number of carbonyl (C=O) groups excluding carboxylic acids is 1. The molecule has 1 atom stereocenters. The van der Waals surface area contributed by atoms with Gasteiger partial charge >= 0.3 is 5.97 Å². The average Bonchev–Trinajstić information content (AvgIpc) is 2.58. The lowest BCUT2D eigenvalue weighted by Gasteiger charge is -2.22. The van der Waals surface area contributed by atoms with E-state index in [1.54, 1.807) is 23.6 Å². The van der Waals surface area contributed by atoms with Crippen LogP contribution in [-0.2, 0) is 9.59 Å². The normalized spacial score (nSPS) is 25.1. The van der Waals surface area contributed by atoms with E-state index in [0.717, 1.165) is 0 Å². The molecule has 0 aromatic rings. The van der Waals surface area contributed by atoms with E-state index < -0.39 is 11.4 Å². The zero-order valence-corrected chi connectivity index (χ0v) is 11.8. The van der Waals surface area contributed by atoms with Crippen molar-refractivity contribution >= 4 is 23.6 Å². The number of thioether (sulfide) groups is 1. The van der Waals surface area contributed by atoms with Gasteiger partial charge in [0.1, 0.15) is 0 Å². The van der Waals surface area contributed by atoms with Crippen LogP contribution in [0.4, 0.5) is 0 Å². The minimum atomic E-state index is -0.809. The van der Waals surface area contributed by atoms with Gasteiger partial charge in [0, 0.05) is 17.8 Å². The number of amides is 1. The molecule has 0 aromatic carbocycles. The van der Waals surface area contributed by atoms with E-state index in [-0.39, 0.29) is 10.7 Å². The largest absolute Gasteiger partial charge is 0.481 e. The summed E-state index contributed by atoms with van der Waals surface area (Å²) < 4.78 is 0.0610. The van der Waals surface area contributed by atoms with Crippen LogP contribution in [0.2, 0.25) is 0 Å². The van der Waals surface area contributed by atoms with Gasteiger partial charge in [0.25, 0.3) is 0 Å². The second-order valence-corrected chi connectivity index (χ2v) is 7.63. The SMILES string of the molecule is CC(C)(C)SCC(=O)N1CCC(C)(C(=O)O)C1. The average molecular weight is 259 g/mol. The predicted octanol–water partition coefficient (Wildman–Crippen LogP) is 1.84. The van der Waals surface area contributed by atoms with Gasteiger partial charge in [-0.15, -0.1) is 11.8 Å². The molecule has 0 radical (unpaired) electrons. The summed E-state index contributed by atoms with van der Waals surface area (Å²) in [5.41, 5.74) is -0.762. The molecule has 98 valence electrons. The Kier molecular flexibility index (Phi) is 4.12. The maximum atomic E-state index is 11.9. The van der Waals surface area contributed by atoms with Crippen LogP contribution >= 0.6 is 11.8 Å². The van der Waals surface area contributed by atoms with E-state index in [1.165, 1.54) is 0 Å². The van der Waals surface area contributed by atoms with Gasteiger partial charge in [-0.25, -0.2) is 0 Å². The first-order valence-electron chi connectivity index (χ1n) is 5.79. The van der Waals surface area contributed by atoms with Crippen molar-refractivity contribution in [3.8, 4) is 0 Å². The third-order valence-corrected chi connectivity index (χ3v) is 4.23. The second-order valence-electron chi connectivity index (χ2n) is 5.83. The molecule has 0 saturated carbocycles. The summed E-state index contributed by atoms with van der Waals surface area (Å²) in [5.74, 6) is -0.328. The van der Waals surface area contributed by atoms with Gasteiger partial charge in [-0.2, -0.15) is 0 Å². The topological polar surface area (TPSA) is 57.6 Å². The van der Waals surface area contributed by atoms with Gasteiger partial charge in [0.15, 0.2) is 0 Å². The molecule has 4 nitrogen and oxygen atoms in total. The molecule has 1 saturated heterocycles. The van der Waals surface area contributed by atoms with Gasteiger partial charge in [0.05, 0.1) is 11.2 Å². The van der Waals surface area contributed by atoms with E-state index in [2.05, 4.69) is 20.8 Å². The monoisotopic (exact) mass is 259 g/mol. The first-order valence-corrected chi connectivity index (χ1v) is 6.78. The first kappa shape index (κ1) is 14.4. The number of likely N-dealkylation sites (tertiary alicyclic amines) is 1. The van der Waals surface area contributed by atoms with E-state index >= 15 is 0 Å². The minimum Gasteiger partial charge on any atom is -0.481 e. The second kappa shape index (κ2) is 4.88. The van der Waals surface area contributed by atoms with Crippen LogP contribution in [0.3, 0.4) is 0 Å². The molecule has 0 bridgehead atoms. The smallest absolute Gasteiger partial charge is 0.311 e. The van der Waals surface area contributed by atoms with E-state index in [0.29, 0.717) is 25.3 Å². The first-order chi connectivity index (χ1) is 7.64. The summed E-state index contributed by atoms with van der Waals surface area (Å²) in [6, 6.07) is 0. The van der Waals surface area contributed by atoms with Gasteiger partial charge < -0.3 is 10.0 Å². The molecule has 1 rings (SSSR count). The molecule has 1 unspecified atom stereocenters. The zero-order chi connectivity index (χ0) is 13.3. The molecule has 1 N–H and O–H groups in total. The van der Waals surface area contributed by atoms with Gasteiger partial charge in [-0.1, -0.05) is 20.8 Å². The fourth-order valence-electron chi connectivity index (χ4n) is 1.72. The standard InChI is InChI=1S/C12H21NO3S/c1-11(2,3)17-7-9(14)13-6-5-12(4,8-13)10(15)16/h5-8H2,1-4H3,(H,15,16). The van der Waals surface area contributed by atoms with Crippen LogP contribution in [0.25, 0.3) is 0 Å². The number of hydrogen-bond acceptors (Lipinski definition) is 3. The predicted molar refractivity (Wildman–Crippen MR) is 69.2 cm³/mol. The molecule has 1 aliphatic heterocycles.